The van der Waals surface area contributed by atoms with Gasteiger partial charge in [0.1, 0.15) is 0 Å². The van der Waals surface area contributed by atoms with Gasteiger partial charge in [0.2, 0.25) is 0 Å². The SMILES string of the molecule is CCCN(C)C(=N)N.O=C=O. The first kappa shape index (κ1) is 12.3. The van der Waals surface area contributed by atoms with Gasteiger partial charge in [0.15, 0.2) is 5.96 Å². The second kappa shape index (κ2) is 8.65. The van der Waals surface area contributed by atoms with Gasteiger partial charge in [-0.05, 0) is 6.42 Å². The van der Waals surface area contributed by atoms with Crippen LogP contribution in [0.1, 0.15) is 13.3 Å². The molecule has 0 aliphatic carbocycles. The van der Waals surface area contributed by atoms with E-state index < -0.39 is 0 Å². The highest BCUT2D eigenvalue weighted by molar-refractivity contribution is 5.74. The van der Waals surface area contributed by atoms with Crippen LogP contribution in [0.15, 0.2) is 0 Å². The monoisotopic (exact) mass is 159 g/mol. The lowest BCUT2D eigenvalue weighted by molar-refractivity contribution is -0.191. The summed E-state index contributed by atoms with van der Waals surface area (Å²) in [6.07, 6.45) is 1.29. The van der Waals surface area contributed by atoms with E-state index in [1.807, 2.05) is 7.05 Å². The number of nitrogens with one attached hydrogen (secondary N) is 1. The Morgan fingerprint density at radius 2 is 2.00 bits per heavy atom. The Bertz CT molecular complexity index is 141. The minimum atomic E-state index is 0.145. The predicted molar refractivity (Wildman–Crippen MR) is 39.8 cm³/mol. The van der Waals surface area contributed by atoms with Gasteiger partial charge in [0.05, 0.1) is 0 Å². The van der Waals surface area contributed by atoms with Crippen LogP contribution < -0.4 is 5.73 Å². The maximum absolute atomic E-state index is 8.12. The van der Waals surface area contributed by atoms with Crippen LogP contribution in [-0.2, 0) is 9.59 Å². The third-order valence-corrected chi connectivity index (χ3v) is 0.970. The van der Waals surface area contributed by atoms with Gasteiger partial charge in [-0.2, -0.15) is 9.59 Å². The molecule has 11 heavy (non-hydrogen) atoms. The van der Waals surface area contributed by atoms with Crippen molar-refractivity contribution in [3.05, 3.63) is 0 Å². The molecule has 0 aromatic carbocycles. The Hall–Kier alpha value is -1.35. The van der Waals surface area contributed by atoms with E-state index in [-0.39, 0.29) is 12.1 Å². The summed E-state index contributed by atoms with van der Waals surface area (Å²) >= 11 is 0. The third kappa shape index (κ3) is 12.0. The Morgan fingerprint density at radius 3 is 2.09 bits per heavy atom. The van der Waals surface area contributed by atoms with Crippen molar-refractivity contribution < 1.29 is 9.59 Å². The second-order valence-electron chi connectivity index (χ2n) is 1.89. The first-order chi connectivity index (χ1) is 5.09. The number of hydrogen-bond acceptors (Lipinski definition) is 3. The Kier molecular flexibility index (Phi) is 9.70. The van der Waals surface area contributed by atoms with Gasteiger partial charge in [0, 0.05) is 13.6 Å². The summed E-state index contributed by atoms with van der Waals surface area (Å²) in [6, 6.07) is 0. The number of nitrogens with two attached hydrogens (primary N) is 1. The summed E-state index contributed by atoms with van der Waals surface area (Å²) in [5, 5.41) is 6.91. The van der Waals surface area contributed by atoms with Crippen LogP contribution in [0.25, 0.3) is 0 Å². The highest BCUT2D eigenvalue weighted by Gasteiger charge is 1.93. The molecule has 0 saturated heterocycles. The molecule has 0 amide bonds. The van der Waals surface area contributed by atoms with E-state index in [9.17, 15) is 0 Å². The number of nitrogens with zero attached hydrogens (tertiary/aromatic N) is 1. The van der Waals surface area contributed by atoms with Crippen LogP contribution in [0.2, 0.25) is 0 Å². The average molecular weight is 159 g/mol. The summed E-state index contributed by atoms with van der Waals surface area (Å²) in [5.41, 5.74) is 5.13. The fourth-order valence-electron chi connectivity index (χ4n) is 0.456. The molecular weight excluding hydrogens is 146 g/mol. The number of rotatable bonds is 2. The van der Waals surface area contributed by atoms with Crippen molar-refractivity contribution in [1.82, 2.24) is 4.90 Å². The van der Waals surface area contributed by atoms with Crippen molar-refractivity contribution in [3.63, 3.8) is 0 Å². The molecule has 5 heteroatoms. The Labute approximate surface area is 65.7 Å². The van der Waals surface area contributed by atoms with E-state index in [1.165, 1.54) is 0 Å². The summed E-state index contributed by atoms with van der Waals surface area (Å²) in [7, 11) is 1.81. The van der Waals surface area contributed by atoms with Crippen LogP contribution in [0, 0.1) is 5.41 Å². The largest absolute Gasteiger partial charge is 0.373 e. The smallest absolute Gasteiger partial charge is 0.370 e. The van der Waals surface area contributed by atoms with Crippen molar-refractivity contribution in [1.29, 1.82) is 5.41 Å². The predicted octanol–water partition coefficient (Wildman–Crippen LogP) is -0.362. The zero-order valence-electron chi connectivity index (χ0n) is 6.76. The normalized spacial score (nSPS) is 7.09. The van der Waals surface area contributed by atoms with E-state index in [4.69, 9.17) is 20.7 Å². The quantitative estimate of drug-likeness (QED) is 0.425. The lowest BCUT2D eigenvalue weighted by Gasteiger charge is -2.13. The van der Waals surface area contributed by atoms with Gasteiger partial charge in [-0.25, -0.2) is 0 Å². The maximum atomic E-state index is 8.12. The maximum Gasteiger partial charge on any atom is 0.373 e. The van der Waals surface area contributed by atoms with Crippen LogP contribution in [0.5, 0.6) is 0 Å². The Morgan fingerprint density at radius 1 is 1.64 bits per heavy atom. The topological polar surface area (TPSA) is 87.2 Å². The second-order valence-corrected chi connectivity index (χ2v) is 1.89. The molecule has 0 bridgehead atoms. The van der Waals surface area contributed by atoms with Gasteiger partial charge in [-0.3, -0.25) is 5.41 Å². The van der Waals surface area contributed by atoms with E-state index in [2.05, 4.69) is 6.92 Å². The van der Waals surface area contributed by atoms with Crippen LogP contribution in [0.4, 0.5) is 0 Å². The van der Waals surface area contributed by atoms with E-state index in [0.29, 0.717) is 0 Å². The number of guanidine groups is 1. The zero-order chi connectivity index (χ0) is 9.28. The molecule has 64 valence electrons. The fraction of sp³-hybridized carbons (Fsp3) is 0.667. The minimum Gasteiger partial charge on any atom is -0.370 e. The fourth-order valence-corrected chi connectivity index (χ4v) is 0.456. The van der Waals surface area contributed by atoms with E-state index in [0.717, 1.165) is 13.0 Å². The molecule has 5 nitrogen and oxygen atoms in total. The molecular formula is C6H13N3O2. The van der Waals surface area contributed by atoms with Crippen molar-refractivity contribution in [2.45, 2.75) is 13.3 Å². The molecule has 0 radical (unpaired) electrons. The molecule has 0 spiro atoms. The van der Waals surface area contributed by atoms with Crippen LogP contribution in [0.3, 0.4) is 0 Å². The van der Waals surface area contributed by atoms with Gasteiger partial charge >= 0.3 is 6.15 Å². The summed E-state index contributed by atoms with van der Waals surface area (Å²) in [6.45, 7) is 2.93. The summed E-state index contributed by atoms with van der Waals surface area (Å²) in [4.78, 5) is 18.0. The van der Waals surface area contributed by atoms with Crippen molar-refractivity contribution in [2.75, 3.05) is 13.6 Å². The number of carbonyl (C=O) groups excluding carboxylic acids is 2. The van der Waals surface area contributed by atoms with Gasteiger partial charge < -0.3 is 10.6 Å². The zero-order valence-corrected chi connectivity index (χ0v) is 6.76. The van der Waals surface area contributed by atoms with E-state index >= 15 is 0 Å². The molecule has 0 unspecified atom stereocenters. The van der Waals surface area contributed by atoms with E-state index in [1.54, 1.807) is 4.90 Å². The first-order valence-corrected chi connectivity index (χ1v) is 3.14. The van der Waals surface area contributed by atoms with Gasteiger partial charge in [-0.1, -0.05) is 6.92 Å². The Balaban J connectivity index is 0. The molecule has 0 saturated carbocycles. The molecule has 0 aromatic rings. The molecule has 0 rings (SSSR count). The highest BCUT2D eigenvalue weighted by atomic mass is 16.2. The van der Waals surface area contributed by atoms with Crippen molar-refractivity contribution in [3.8, 4) is 0 Å². The standard InChI is InChI=1S/C5H13N3.CO2/c1-3-4-8(2)5(6)7;2-1-3/h3-4H2,1-2H3,(H3,6,7);. The lowest BCUT2D eigenvalue weighted by Crippen LogP contribution is -2.33. The molecule has 0 aliphatic heterocycles. The molecule has 0 aromatic heterocycles. The molecule has 0 heterocycles. The van der Waals surface area contributed by atoms with Crippen molar-refractivity contribution in [2.24, 2.45) is 5.73 Å². The van der Waals surface area contributed by atoms with Crippen LogP contribution in [-0.4, -0.2) is 30.6 Å². The van der Waals surface area contributed by atoms with Gasteiger partial charge in [-0.15, -0.1) is 0 Å². The minimum absolute atomic E-state index is 0.145. The summed E-state index contributed by atoms with van der Waals surface area (Å²) in [5.74, 6) is 0.145. The molecule has 3 N–H and O–H groups in total. The highest BCUT2D eigenvalue weighted by Crippen LogP contribution is 1.81. The first-order valence-electron chi connectivity index (χ1n) is 3.14. The van der Waals surface area contributed by atoms with Crippen LogP contribution >= 0.6 is 0 Å². The van der Waals surface area contributed by atoms with Gasteiger partial charge in [0.25, 0.3) is 0 Å². The number of hydrogen-bond donors (Lipinski definition) is 2. The molecule has 0 atom stereocenters. The average Bonchev–Trinajstić information content (AvgIpc) is 1.90. The van der Waals surface area contributed by atoms with Crippen molar-refractivity contribution >= 4 is 12.1 Å². The molecule has 0 aliphatic rings. The molecule has 0 fully saturated rings. The summed E-state index contributed by atoms with van der Waals surface area (Å²) < 4.78 is 0. The lowest BCUT2D eigenvalue weighted by atomic mass is 10.4. The third-order valence-electron chi connectivity index (χ3n) is 0.970.